The fraction of sp³-hybridized carbons (Fsp3) is 0.600. The number of ether oxygens (including phenoxy) is 1. The maximum atomic E-state index is 12.5. The zero-order valence-electron chi connectivity index (χ0n) is 17.5. The molecule has 2 N–H and O–H groups in total. The molecule has 1 saturated heterocycles. The van der Waals surface area contributed by atoms with Gasteiger partial charge in [0.15, 0.2) is 0 Å². The van der Waals surface area contributed by atoms with Crippen molar-refractivity contribution in [3.63, 3.8) is 0 Å². The van der Waals surface area contributed by atoms with E-state index in [1.807, 2.05) is 6.92 Å². The Kier molecular flexibility index (Phi) is 6.64. The Morgan fingerprint density at radius 1 is 1.18 bits per heavy atom. The van der Waals surface area contributed by atoms with E-state index in [-0.39, 0.29) is 6.04 Å². The first-order valence-corrected chi connectivity index (χ1v) is 9.55. The summed E-state index contributed by atoms with van der Waals surface area (Å²) in [6, 6.07) is 1.70. The summed E-state index contributed by atoms with van der Waals surface area (Å²) in [6.45, 7) is 11.7. The van der Waals surface area contributed by atoms with E-state index in [0.717, 1.165) is 12.8 Å². The minimum absolute atomic E-state index is 0.0507. The number of pyridine rings is 1. The first-order chi connectivity index (χ1) is 13.0. The van der Waals surface area contributed by atoms with Crippen LogP contribution in [0.4, 0.5) is 16.3 Å². The average molecular weight is 390 g/mol. The Balaban J connectivity index is 2.00. The second-order valence-corrected chi connectivity index (χ2v) is 8.46. The lowest BCUT2D eigenvalue weighted by molar-refractivity contribution is -0.146. The number of piperidine rings is 1. The summed E-state index contributed by atoms with van der Waals surface area (Å²) in [6.07, 6.45) is 2.74. The van der Waals surface area contributed by atoms with Gasteiger partial charge in [-0.2, -0.15) is 0 Å². The number of rotatable bonds is 2. The minimum Gasteiger partial charge on any atom is -0.444 e. The van der Waals surface area contributed by atoms with E-state index in [1.54, 1.807) is 38.7 Å². The summed E-state index contributed by atoms with van der Waals surface area (Å²) in [4.78, 5) is 42.5. The van der Waals surface area contributed by atoms with E-state index in [1.165, 1.54) is 6.20 Å². The molecule has 2 rings (SSSR count). The van der Waals surface area contributed by atoms with Crippen LogP contribution >= 0.6 is 0 Å². The molecule has 0 aromatic carbocycles. The van der Waals surface area contributed by atoms with Crippen LogP contribution in [0.5, 0.6) is 0 Å². The number of likely N-dealkylation sites (tertiary alicyclic amines) is 1. The molecule has 0 bridgehead atoms. The normalized spacial score (nSPS) is 19.7. The van der Waals surface area contributed by atoms with Crippen molar-refractivity contribution in [1.82, 2.24) is 9.88 Å². The van der Waals surface area contributed by atoms with Crippen LogP contribution in [0.15, 0.2) is 12.3 Å². The summed E-state index contributed by atoms with van der Waals surface area (Å²) >= 11 is 0. The smallest absolute Gasteiger partial charge is 0.413 e. The van der Waals surface area contributed by atoms with Gasteiger partial charge in [-0.25, -0.2) is 9.78 Å². The van der Waals surface area contributed by atoms with E-state index >= 15 is 0 Å². The number of aryl methyl sites for hydroxylation is 1. The molecular formula is C20H30N4O4. The van der Waals surface area contributed by atoms with Crippen LogP contribution in [0.3, 0.4) is 0 Å². The summed E-state index contributed by atoms with van der Waals surface area (Å²) in [5.74, 6) is -0.505. The molecule has 0 saturated carbocycles. The van der Waals surface area contributed by atoms with Gasteiger partial charge in [-0.15, -0.1) is 0 Å². The molecule has 1 fully saturated rings. The first-order valence-electron chi connectivity index (χ1n) is 9.55. The highest BCUT2D eigenvalue weighted by atomic mass is 16.6. The Bertz CT molecular complexity index is 757. The minimum atomic E-state index is -0.685. The van der Waals surface area contributed by atoms with Crippen molar-refractivity contribution >= 4 is 29.4 Å². The largest absolute Gasteiger partial charge is 0.444 e. The SMILES string of the molecule is Cc1cc(NC(=O)C(=O)N2C[C@H](C)CC[C@@H]2C)cnc1NC(=O)OC(C)(C)C. The molecule has 0 spiro atoms. The fourth-order valence-corrected chi connectivity index (χ4v) is 3.06. The molecule has 0 radical (unpaired) electrons. The number of hydrogen-bond acceptors (Lipinski definition) is 5. The van der Waals surface area contributed by atoms with Crippen molar-refractivity contribution in [3.05, 3.63) is 17.8 Å². The van der Waals surface area contributed by atoms with E-state index in [2.05, 4.69) is 22.5 Å². The average Bonchev–Trinajstić information content (AvgIpc) is 2.57. The third-order valence-electron chi connectivity index (χ3n) is 4.53. The first kappa shape index (κ1) is 21.7. The molecule has 0 aliphatic carbocycles. The van der Waals surface area contributed by atoms with Crippen molar-refractivity contribution in [1.29, 1.82) is 0 Å². The molecule has 2 atom stereocenters. The van der Waals surface area contributed by atoms with Crippen LogP contribution in [-0.2, 0) is 14.3 Å². The maximum absolute atomic E-state index is 12.5. The van der Waals surface area contributed by atoms with Gasteiger partial charge >= 0.3 is 17.9 Å². The van der Waals surface area contributed by atoms with Crippen molar-refractivity contribution in [3.8, 4) is 0 Å². The highest BCUT2D eigenvalue weighted by Gasteiger charge is 2.31. The van der Waals surface area contributed by atoms with Crippen molar-refractivity contribution in [2.45, 2.75) is 66.0 Å². The van der Waals surface area contributed by atoms with Crippen LogP contribution in [0.25, 0.3) is 0 Å². The lowest BCUT2D eigenvalue weighted by atomic mass is 9.95. The third kappa shape index (κ3) is 5.94. The van der Waals surface area contributed by atoms with E-state index in [9.17, 15) is 14.4 Å². The second kappa shape index (κ2) is 8.58. The highest BCUT2D eigenvalue weighted by molar-refractivity contribution is 6.39. The zero-order chi connectivity index (χ0) is 21.1. The summed E-state index contributed by atoms with van der Waals surface area (Å²) in [5, 5.41) is 5.17. The second-order valence-electron chi connectivity index (χ2n) is 8.46. The van der Waals surface area contributed by atoms with Gasteiger partial charge in [-0.1, -0.05) is 6.92 Å². The standard InChI is InChI=1S/C20H30N4O4/c1-12-7-8-14(3)24(11-12)18(26)17(25)22-15-9-13(2)16(21-10-15)23-19(27)28-20(4,5)6/h9-10,12,14H,7-8,11H2,1-6H3,(H,22,25)(H,21,23,27)/t12-,14+/m1/s1. The Hall–Kier alpha value is -2.64. The lowest BCUT2D eigenvalue weighted by Crippen LogP contribution is -2.49. The van der Waals surface area contributed by atoms with Crippen LogP contribution < -0.4 is 10.6 Å². The number of carbonyl (C=O) groups is 3. The van der Waals surface area contributed by atoms with Gasteiger partial charge in [0.05, 0.1) is 11.9 Å². The molecule has 1 aromatic rings. The molecule has 154 valence electrons. The molecule has 2 heterocycles. The molecule has 8 nitrogen and oxygen atoms in total. The molecule has 1 aliphatic heterocycles. The fourth-order valence-electron chi connectivity index (χ4n) is 3.06. The summed E-state index contributed by atoms with van der Waals surface area (Å²) < 4.78 is 5.20. The van der Waals surface area contributed by atoms with Gasteiger partial charge < -0.3 is 15.0 Å². The van der Waals surface area contributed by atoms with Crippen LogP contribution in [0.2, 0.25) is 0 Å². The number of nitrogens with one attached hydrogen (secondary N) is 2. The quantitative estimate of drug-likeness (QED) is 0.755. The van der Waals surface area contributed by atoms with Crippen LogP contribution in [0, 0.1) is 12.8 Å². The molecule has 1 aliphatic rings. The Morgan fingerprint density at radius 2 is 1.86 bits per heavy atom. The Labute approximate surface area is 166 Å². The van der Waals surface area contributed by atoms with Crippen molar-refractivity contribution in [2.75, 3.05) is 17.2 Å². The third-order valence-corrected chi connectivity index (χ3v) is 4.53. The van der Waals surface area contributed by atoms with Gasteiger partial charge in [0, 0.05) is 12.6 Å². The molecule has 3 amide bonds. The van der Waals surface area contributed by atoms with Gasteiger partial charge in [-0.05, 0) is 65.0 Å². The Morgan fingerprint density at radius 3 is 2.46 bits per heavy atom. The zero-order valence-corrected chi connectivity index (χ0v) is 17.5. The predicted octanol–water partition coefficient (Wildman–Crippen LogP) is 3.32. The van der Waals surface area contributed by atoms with Crippen molar-refractivity contribution < 1.29 is 19.1 Å². The van der Waals surface area contributed by atoms with Gasteiger partial charge in [0.1, 0.15) is 11.4 Å². The highest BCUT2D eigenvalue weighted by Crippen LogP contribution is 2.22. The number of carbonyl (C=O) groups excluding carboxylic acids is 3. The van der Waals surface area contributed by atoms with E-state index < -0.39 is 23.5 Å². The molecule has 1 aromatic heterocycles. The number of hydrogen-bond donors (Lipinski definition) is 2. The van der Waals surface area contributed by atoms with Gasteiger partial charge in [0.25, 0.3) is 0 Å². The number of anilines is 2. The van der Waals surface area contributed by atoms with Crippen LogP contribution in [-0.4, -0.2) is 46.0 Å². The molecular weight excluding hydrogens is 360 g/mol. The maximum Gasteiger partial charge on any atom is 0.413 e. The predicted molar refractivity (Wildman–Crippen MR) is 107 cm³/mol. The van der Waals surface area contributed by atoms with E-state index in [4.69, 9.17) is 4.74 Å². The lowest BCUT2D eigenvalue weighted by Gasteiger charge is -2.36. The van der Waals surface area contributed by atoms with Crippen LogP contribution in [0.1, 0.15) is 53.0 Å². The molecule has 8 heteroatoms. The number of amides is 3. The molecule has 0 unspecified atom stereocenters. The van der Waals surface area contributed by atoms with Gasteiger partial charge in [-0.3, -0.25) is 14.9 Å². The van der Waals surface area contributed by atoms with E-state index in [0.29, 0.717) is 29.5 Å². The van der Waals surface area contributed by atoms with Crippen molar-refractivity contribution in [2.24, 2.45) is 5.92 Å². The van der Waals surface area contributed by atoms with Gasteiger partial charge in [0.2, 0.25) is 0 Å². The topological polar surface area (TPSA) is 101 Å². The summed E-state index contributed by atoms with van der Waals surface area (Å²) in [5.41, 5.74) is 0.411. The summed E-state index contributed by atoms with van der Waals surface area (Å²) in [7, 11) is 0. The number of nitrogens with zero attached hydrogens (tertiary/aromatic N) is 2. The monoisotopic (exact) mass is 390 g/mol. The molecule has 28 heavy (non-hydrogen) atoms. The number of aromatic nitrogens is 1.